The number of hydrogen-bond acceptors (Lipinski definition) is 2. The van der Waals surface area contributed by atoms with Gasteiger partial charge >= 0.3 is 0 Å². The quantitative estimate of drug-likeness (QED) is 0.604. The van der Waals surface area contributed by atoms with Crippen molar-refractivity contribution in [2.24, 2.45) is 4.99 Å². The van der Waals surface area contributed by atoms with Gasteiger partial charge < -0.3 is 5.32 Å². The Balaban J connectivity index is 2.34. The highest BCUT2D eigenvalue weighted by atomic mass is 79.9. The van der Waals surface area contributed by atoms with Crippen molar-refractivity contribution in [1.82, 2.24) is 5.32 Å². The zero-order chi connectivity index (χ0) is 9.68. The van der Waals surface area contributed by atoms with Crippen molar-refractivity contribution in [1.29, 1.82) is 0 Å². The minimum Gasteiger partial charge on any atom is -0.311 e. The van der Waals surface area contributed by atoms with E-state index in [0.717, 1.165) is 38.1 Å². The molecule has 0 spiro atoms. The Bertz CT molecular complexity index is 216. The Morgan fingerprint density at radius 1 is 1.69 bits per heavy atom. The summed E-state index contributed by atoms with van der Waals surface area (Å²) in [6.07, 6.45) is 2.92. The first-order valence-corrected chi connectivity index (χ1v) is 5.60. The van der Waals surface area contributed by atoms with Gasteiger partial charge in [0.1, 0.15) is 0 Å². The lowest BCUT2D eigenvalue weighted by Gasteiger charge is -2.14. The molecular weight excluding hydrogens is 232 g/mol. The molecular formula is C9H15BrN2O. The van der Waals surface area contributed by atoms with E-state index in [1.165, 1.54) is 0 Å². The van der Waals surface area contributed by atoms with Crippen LogP contribution in [0.5, 0.6) is 0 Å². The fourth-order valence-electron chi connectivity index (χ4n) is 1.24. The number of alkyl halides is 1. The fraction of sp³-hybridized carbons (Fsp3) is 0.778. The van der Waals surface area contributed by atoms with E-state index in [4.69, 9.17) is 0 Å². The van der Waals surface area contributed by atoms with E-state index in [-0.39, 0.29) is 10.7 Å². The molecule has 0 aromatic rings. The van der Waals surface area contributed by atoms with Crippen LogP contribution in [0.2, 0.25) is 0 Å². The lowest BCUT2D eigenvalue weighted by atomic mass is 10.1. The largest absolute Gasteiger partial charge is 0.311 e. The fourth-order valence-corrected chi connectivity index (χ4v) is 1.57. The number of nitrogens with one attached hydrogen (secondary N) is 1. The Hall–Kier alpha value is -0.220. The average Bonchev–Trinajstić information content (AvgIpc) is 2.12. The molecule has 74 valence electrons. The van der Waals surface area contributed by atoms with Crippen molar-refractivity contribution in [3.63, 3.8) is 0 Å². The molecule has 0 saturated carbocycles. The second kappa shape index (κ2) is 5.50. The van der Waals surface area contributed by atoms with Crippen LogP contribution in [0, 0.1) is 0 Å². The summed E-state index contributed by atoms with van der Waals surface area (Å²) in [5.74, 6) is -0.0282. The van der Waals surface area contributed by atoms with Gasteiger partial charge in [-0.25, -0.2) is 4.99 Å². The molecule has 13 heavy (non-hydrogen) atoms. The number of halogens is 1. The number of carbonyl (C=O) groups excluding carboxylic acids is 1. The standard InChI is InChI=1S/C9H15BrN2O/c1-2-5-11-6-7-3-4-8(10)9(13)12-7/h8,11H,2-6H2,1H3. The summed E-state index contributed by atoms with van der Waals surface area (Å²) in [6, 6.07) is 0. The number of hydrogen-bond donors (Lipinski definition) is 1. The molecule has 0 bridgehead atoms. The van der Waals surface area contributed by atoms with Crippen LogP contribution in [0.25, 0.3) is 0 Å². The molecule has 1 aliphatic heterocycles. The minimum atomic E-state index is -0.0533. The van der Waals surface area contributed by atoms with Crippen LogP contribution in [0.1, 0.15) is 26.2 Å². The zero-order valence-corrected chi connectivity index (χ0v) is 9.43. The summed E-state index contributed by atoms with van der Waals surface area (Å²) < 4.78 is 0. The summed E-state index contributed by atoms with van der Waals surface area (Å²) in [5, 5.41) is 3.24. The van der Waals surface area contributed by atoms with E-state index in [2.05, 4.69) is 33.2 Å². The van der Waals surface area contributed by atoms with Crippen molar-refractivity contribution >= 4 is 27.5 Å². The van der Waals surface area contributed by atoms with Gasteiger partial charge in [0.25, 0.3) is 5.91 Å². The molecule has 0 aromatic heterocycles. The maximum atomic E-state index is 11.2. The van der Waals surface area contributed by atoms with Crippen LogP contribution in [0.4, 0.5) is 0 Å². The zero-order valence-electron chi connectivity index (χ0n) is 7.85. The van der Waals surface area contributed by atoms with Gasteiger partial charge in [-0.15, -0.1) is 0 Å². The van der Waals surface area contributed by atoms with Crippen molar-refractivity contribution < 1.29 is 4.79 Å². The Labute approximate surface area is 87.1 Å². The third kappa shape index (κ3) is 3.56. The molecule has 0 radical (unpaired) electrons. The Morgan fingerprint density at radius 2 is 2.46 bits per heavy atom. The van der Waals surface area contributed by atoms with E-state index in [1.807, 2.05) is 0 Å². The molecule has 1 unspecified atom stereocenters. The maximum Gasteiger partial charge on any atom is 0.259 e. The van der Waals surface area contributed by atoms with Gasteiger partial charge in [-0.2, -0.15) is 0 Å². The van der Waals surface area contributed by atoms with Crippen LogP contribution >= 0.6 is 15.9 Å². The van der Waals surface area contributed by atoms with Gasteiger partial charge in [0.2, 0.25) is 0 Å². The van der Waals surface area contributed by atoms with Crippen molar-refractivity contribution in [2.45, 2.75) is 31.0 Å². The predicted molar refractivity (Wildman–Crippen MR) is 57.6 cm³/mol. The lowest BCUT2D eigenvalue weighted by molar-refractivity contribution is -0.117. The molecule has 0 aliphatic carbocycles. The van der Waals surface area contributed by atoms with E-state index >= 15 is 0 Å². The van der Waals surface area contributed by atoms with Crippen molar-refractivity contribution in [2.75, 3.05) is 13.1 Å². The highest BCUT2D eigenvalue weighted by molar-refractivity contribution is 9.10. The molecule has 0 aromatic carbocycles. The summed E-state index contributed by atoms with van der Waals surface area (Å²) >= 11 is 3.29. The van der Waals surface area contributed by atoms with Gasteiger partial charge in [-0.1, -0.05) is 22.9 Å². The highest BCUT2D eigenvalue weighted by Gasteiger charge is 2.20. The number of nitrogens with zero attached hydrogens (tertiary/aromatic N) is 1. The third-order valence-corrected chi connectivity index (χ3v) is 2.83. The SMILES string of the molecule is CCCNCC1=NC(=O)C(Br)CC1. The second-order valence-electron chi connectivity index (χ2n) is 3.20. The molecule has 4 heteroatoms. The summed E-state index contributed by atoms with van der Waals surface area (Å²) in [4.78, 5) is 15.1. The number of aliphatic imine (C=N–C) groups is 1. The molecule has 0 fully saturated rings. The summed E-state index contributed by atoms with van der Waals surface area (Å²) in [6.45, 7) is 3.87. The minimum absolute atomic E-state index is 0.0282. The molecule has 0 saturated heterocycles. The average molecular weight is 247 g/mol. The Kier molecular flexibility index (Phi) is 4.59. The first kappa shape index (κ1) is 10.9. The number of amides is 1. The lowest BCUT2D eigenvalue weighted by Crippen LogP contribution is -2.29. The number of carbonyl (C=O) groups is 1. The summed E-state index contributed by atoms with van der Waals surface area (Å²) in [7, 11) is 0. The first-order valence-electron chi connectivity index (χ1n) is 4.69. The number of rotatable bonds is 4. The monoisotopic (exact) mass is 246 g/mol. The van der Waals surface area contributed by atoms with Gasteiger partial charge in [-0.05, 0) is 25.8 Å². The summed E-state index contributed by atoms with van der Waals surface area (Å²) in [5.41, 5.74) is 0.995. The molecule has 3 nitrogen and oxygen atoms in total. The van der Waals surface area contributed by atoms with Crippen LogP contribution < -0.4 is 5.32 Å². The third-order valence-electron chi connectivity index (χ3n) is 1.98. The maximum absolute atomic E-state index is 11.2. The smallest absolute Gasteiger partial charge is 0.259 e. The van der Waals surface area contributed by atoms with E-state index < -0.39 is 0 Å². The normalized spacial score (nSPS) is 23.1. The van der Waals surface area contributed by atoms with Crippen LogP contribution in [-0.4, -0.2) is 29.5 Å². The van der Waals surface area contributed by atoms with Crippen LogP contribution in [0.3, 0.4) is 0 Å². The van der Waals surface area contributed by atoms with Crippen molar-refractivity contribution in [3.05, 3.63) is 0 Å². The van der Waals surface area contributed by atoms with E-state index in [9.17, 15) is 4.79 Å². The molecule has 1 aliphatic rings. The van der Waals surface area contributed by atoms with Crippen LogP contribution in [-0.2, 0) is 4.79 Å². The second-order valence-corrected chi connectivity index (χ2v) is 4.30. The highest BCUT2D eigenvalue weighted by Crippen LogP contribution is 2.15. The van der Waals surface area contributed by atoms with Gasteiger partial charge in [-0.3, -0.25) is 4.79 Å². The molecule has 1 heterocycles. The predicted octanol–water partition coefficient (Wildman–Crippen LogP) is 1.51. The van der Waals surface area contributed by atoms with Gasteiger partial charge in [0.15, 0.2) is 0 Å². The topological polar surface area (TPSA) is 41.5 Å². The van der Waals surface area contributed by atoms with Gasteiger partial charge in [0, 0.05) is 12.3 Å². The van der Waals surface area contributed by atoms with Crippen molar-refractivity contribution in [3.8, 4) is 0 Å². The first-order chi connectivity index (χ1) is 6.24. The Morgan fingerprint density at radius 3 is 3.08 bits per heavy atom. The van der Waals surface area contributed by atoms with E-state index in [0.29, 0.717) is 0 Å². The molecule has 1 atom stereocenters. The van der Waals surface area contributed by atoms with E-state index in [1.54, 1.807) is 0 Å². The molecule has 1 amide bonds. The van der Waals surface area contributed by atoms with Crippen LogP contribution in [0.15, 0.2) is 4.99 Å². The molecule has 1 N–H and O–H groups in total. The van der Waals surface area contributed by atoms with Gasteiger partial charge in [0.05, 0.1) is 4.83 Å². The molecule has 1 rings (SSSR count).